The second-order valence-corrected chi connectivity index (χ2v) is 9.01. The average Bonchev–Trinajstić information content (AvgIpc) is 3.43. The maximum absolute atomic E-state index is 13.4. The van der Waals surface area contributed by atoms with Gasteiger partial charge in [0.15, 0.2) is 11.2 Å². The summed E-state index contributed by atoms with van der Waals surface area (Å²) in [6, 6.07) is 18.1. The minimum Gasteiger partial charge on any atom is -0.494 e. The standard InChI is InChI=1S/C28H31N5O3/c1-5-7-9-14-22-23(19-12-10-8-11-13-19)32(20-15-17-21(18-16-20)36-6-2)27-29-25-24(33(22)27)26(34)31(4)28(35)30(25)3/h8,10-13,15-18H,5-7,9,14H2,1-4H3. The van der Waals surface area contributed by atoms with E-state index in [9.17, 15) is 9.59 Å². The highest BCUT2D eigenvalue weighted by atomic mass is 16.5. The maximum Gasteiger partial charge on any atom is 0.332 e. The van der Waals surface area contributed by atoms with Gasteiger partial charge in [0.1, 0.15) is 5.75 Å². The van der Waals surface area contributed by atoms with Gasteiger partial charge in [0, 0.05) is 25.3 Å². The first-order chi connectivity index (χ1) is 17.5. The van der Waals surface area contributed by atoms with Gasteiger partial charge in [-0.15, -0.1) is 0 Å². The summed E-state index contributed by atoms with van der Waals surface area (Å²) in [5.41, 5.74) is 4.02. The van der Waals surface area contributed by atoms with Crippen LogP contribution in [0.1, 0.15) is 38.8 Å². The molecule has 0 N–H and O–H groups in total. The molecule has 186 valence electrons. The van der Waals surface area contributed by atoms with Crippen molar-refractivity contribution < 1.29 is 4.74 Å². The Kier molecular flexibility index (Phi) is 6.26. The molecule has 0 fully saturated rings. The van der Waals surface area contributed by atoms with E-state index in [0.717, 1.165) is 58.6 Å². The highest BCUT2D eigenvalue weighted by Gasteiger charge is 2.26. The molecule has 3 aromatic heterocycles. The second-order valence-electron chi connectivity index (χ2n) is 9.01. The molecule has 5 aromatic rings. The molecule has 0 saturated carbocycles. The van der Waals surface area contributed by atoms with Gasteiger partial charge in [-0.1, -0.05) is 50.1 Å². The number of unbranched alkanes of at least 4 members (excludes halogenated alkanes) is 2. The molecule has 8 heteroatoms. The fourth-order valence-corrected chi connectivity index (χ4v) is 4.89. The van der Waals surface area contributed by atoms with Crippen LogP contribution in [0.3, 0.4) is 0 Å². The molecule has 0 aliphatic rings. The second kappa shape index (κ2) is 9.53. The van der Waals surface area contributed by atoms with E-state index in [2.05, 4.69) is 23.6 Å². The van der Waals surface area contributed by atoms with E-state index in [1.165, 1.54) is 11.6 Å². The van der Waals surface area contributed by atoms with Crippen LogP contribution in [0.25, 0.3) is 33.9 Å². The summed E-state index contributed by atoms with van der Waals surface area (Å²) in [5.74, 6) is 1.40. The Morgan fingerprint density at radius 1 is 0.889 bits per heavy atom. The van der Waals surface area contributed by atoms with Crippen LogP contribution < -0.4 is 16.0 Å². The third kappa shape index (κ3) is 3.73. The summed E-state index contributed by atoms with van der Waals surface area (Å²) < 4.78 is 12.3. The van der Waals surface area contributed by atoms with E-state index < -0.39 is 5.69 Å². The normalized spacial score (nSPS) is 11.6. The van der Waals surface area contributed by atoms with Gasteiger partial charge < -0.3 is 4.74 Å². The average molecular weight is 486 g/mol. The molecule has 0 aliphatic heterocycles. The van der Waals surface area contributed by atoms with Crippen LogP contribution in [0.4, 0.5) is 0 Å². The van der Waals surface area contributed by atoms with Crippen LogP contribution in [0.2, 0.25) is 0 Å². The fourth-order valence-electron chi connectivity index (χ4n) is 4.89. The lowest BCUT2D eigenvalue weighted by molar-refractivity contribution is 0.340. The first-order valence-corrected chi connectivity index (χ1v) is 12.5. The predicted octanol–water partition coefficient (Wildman–Crippen LogP) is 4.47. The Bertz CT molecular complexity index is 1650. The highest BCUT2D eigenvalue weighted by molar-refractivity contribution is 5.81. The van der Waals surface area contributed by atoms with Crippen molar-refractivity contribution in [1.29, 1.82) is 0 Å². The number of hydrogen-bond acceptors (Lipinski definition) is 4. The number of benzene rings is 2. The van der Waals surface area contributed by atoms with Crippen LogP contribution in [0.15, 0.2) is 64.2 Å². The molecule has 5 rings (SSSR count). The monoisotopic (exact) mass is 485 g/mol. The quantitative estimate of drug-likeness (QED) is 0.304. The number of hydrogen-bond donors (Lipinski definition) is 0. The van der Waals surface area contributed by atoms with Crippen LogP contribution in [0, 0.1) is 0 Å². The molecule has 0 amide bonds. The maximum atomic E-state index is 13.4. The van der Waals surface area contributed by atoms with Crippen molar-refractivity contribution in [2.24, 2.45) is 14.1 Å². The van der Waals surface area contributed by atoms with Gasteiger partial charge in [-0.25, -0.2) is 4.79 Å². The lowest BCUT2D eigenvalue weighted by Crippen LogP contribution is -2.37. The topological polar surface area (TPSA) is 75.5 Å². The molecule has 0 unspecified atom stereocenters. The number of fused-ring (bicyclic) bond motifs is 3. The van der Waals surface area contributed by atoms with Gasteiger partial charge in [-0.3, -0.25) is 22.9 Å². The summed E-state index contributed by atoms with van der Waals surface area (Å²) in [6.45, 7) is 4.73. The van der Waals surface area contributed by atoms with Gasteiger partial charge in [0.25, 0.3) is 5.56 Å². The molecule has 36 heavy (non-hydrogen) atoms. The Morgan fingerprint density at radius 3 is 2.28 bits per heavy atom. The summed E-state index contributed by atoms with van der Waals surface area (Å²) >= 11 is 0. The molecule has 0 atom stereocenters. The summed E-state index contributed by atoms with van der Waals surface area (Å²) in [4.78, 5) is 31.0. The highest BCUT2D eigenvalue weighted by Crippen LogP contribution is 2.34. The van der Waals surface area contributed by atoms with Crippen LogP contribution in [-0.2, 0) is 20.5 Å². The van der Waals surface area contributed by atoms with Gasteiger partial charge in [0.05, 0.1) is 18.0 Å². The minimum atomic E-state index is -0.392. The first kappa shape index (κ1) is 23.7. The number of imidazole rings is 2. The zero-order valence-electron chi connectivity index (χ0n) is 21.2. The number of aryl methyl sites for hydroxylation is 2. The first-order valence-electron chi connectivity index (χ1n) is 12.5. The SMILES string of the molecule is CCCCCc1c(-c2ccccc2)n(-c2ccc(OCC)cc2)c2nc3c(c(=O)n(C)c(=O)n3C)n12. The van der Waals surface area contributed by atoms with Crippen LogP contribution >= 0.6 is 0 Å². The summed E-state index contributed by atoms with van der Waals surface area (Å²) in [6.07, 6.45) is 3.91. The zero-order valence-corrected chi connectivity index (χ0v) is 21.2. The van der Waals surface area contributed by atoms with E-state index in [0.29, 0.717) is 23.5 Å². The van der Waals surface area contributed by atoms with Gasteiger partial charge in [-0.2, -0.15) is 4.98 Å². The fraction of sp³-hybridized carbons (Fsp3) is 0.321. The molecule has 0 saturated heterocycles. The number of ether oxygens (including phenoxy) is 1. The lowest BCUT2D eigenvalue weighted by atomic mass is 10.1. The van der Waals surface area contributed by atoms with Crippen LogP contribution in [-0.4, -0.2) is 29.7 Å². The molecular weight excluding hydrogens is 454 g/mol. The molecular formula is C28H31N5O3. The van der Waals surface area contributed by atoms with Crippen molar-refractivity contribution in [1.82, 2.24) is 23.1 Å². The molecule has 2 aromatic carbocycles. The molecule has 8 nitrogen and oxygen atoms in total. The Morgan fingerprint density at radius 2 is 1.61 bits per heavy atom. The molecule has 3 heterocycles. The molecule has 0 radical (unpaired) electrons. The van der Waals surface area contributed by atoms with E-state index in [1.54, 1.807) is 7.05 Å². The smallest absolute Gasteiger partial charge is 0.332 e. The zero-order chi connectivity index (χ0) is 25.4. The van der Waals surface area contributed by atoms with Crippen molar-refractivity contribution >= 4 is 16.9 Å². The Hall–Kier alpha value is -4.07. The van der Waals surface area contributed by atoms with Gasteiger partial charge >= 0.3 is 5.69 Å². The van der Waals surface area contributed by atoms with Gasteiger partial charge in [-0.05, 0) is 44.0 Å². The largest absolute Gasteiger partial charge is 0.494 e. The third-order valence-corrected chi connectivity index (χ3v) is 6.68. The Labute approximate surface area is 209 Å². The van der Waals surface area contributed by atoms with Crippen molar-refractivity contribution in [2.75, 3.05) is 6.61 Å². The predicted molar refractivity (Wildman–Crippen MR) is 142 cm³/mol. The van der Waals surface area contributed by atoms with E-state index in [1.807, 2.05) is 53.8 Å². The molecule has 0 bridgehead atoms. The van der Waals surface area contributed by atoms with Crippen molar-refractivity contribution in [2.45, 2.75) is 39.5 Å². The van der Waals surface area contributed by atoms with E-state index in [4.69, 9.17) is 9.72 Å². The minimum absolute atomic E-state index is 0.346. The van der Waals surface area contributed by atoms with Crippen molar-refractivity contribution in [3.05, 3.63) is 81.1 Å². The Balaban J connectivity index is 1.93. The number of aromatic nitrogens is 5. The van der Waals surface area contributed by atoms with Gasteiger partial charge in [0.2, 0.25) is 5.78 Å². The van der Waals surface area contributed by atoms with Crippen molar-refractivity contribution in [3.8, 4) is 22.7 Å². The summed E-state index contributed by atoms with van der Waals surface area (Å²) in [5, 5.41) is 0. The molecule has 0 aliphatic carbocycles. The molecule has 0 spiro atoms. The number of nitrogens with zero attached hydrogens (tertiary/aromatic N) is 5. The third-order valence-electron chi connectivity index (χ3n) is 6.68. The number of rotatable bonds is 8. The lowest BCUT2D eigenvalue weighted by Gasteiger charge is -2.13. The summed E-state index contributed by atoms with van der Waals surface area (Å²) in [7, 11) is 3.18. The van der Waals surface area contributed by atoms with Crippen molar-refractivity contribution in [3.63, 3.8) is 0 Å². The van der Waals surface area contributed by atoms with E-state index in [-0.39, 0.29) is 5.56 Å². The van der Waals surface area contributed by atoms with E-state index >= 15 is 0 Å². The van der Waals surface area contributed by atoms with Crippen LogP contribution in [0.5, 0.6) is 5.75 Å².